The number of aliphatic hydroxyl groups excluding tert-OH is 1. The molecule has 9 heteroatoms. The van der Waals surface area contributed by atoms with Crippen LogP contribution in [0.15, 0.2) is 89.6 Å². The molecule has 0 saturated carbocycles. The van der Waals surface area contributed by atoms with Crippen LogP contribution in [0.5, 0.6) is 0 Å². The molecule has 0 fully saturated rings. The van der Waals surface area contributed by atoms with Gasteiger partial charge in [0, 0.05) is 17.3 Å². The van der Waals surface area contributed by atoms with Crippen molar-refractivity contribution in [2.24, 2.45) is 0 Å². The number of allylic oxidation sites excluding steroid dienone is 1. The Balaban J connectivity index is 1.74. The lowest BCUT2D eigenvalue weighted by Crippen LogP contribution is -2.45. The fraction of sp³-hybridized carbons (Fsp3) is 0.0870. The Bertz CT molecular complexity index is 1310. The molecule has 0 saturated heterocycles. The minimum absolute atomic E-state index is 0.0601. The standard InChI is InChI=1S/C23H19N3O5S/c27-20(25-14-17-10-6-7-13-24-17)15-26-21(22(28)16-8-2-1-3-9-16)23(29)18-11-4-5-12-19(18)32(26,30)31/h1-13,28H,14-15H2,(H,25,27)/b22-21+. The molecule has 1 aromatic heterocycles. The Morgan fingerprint density at radius 2 is 1.66 bits per heavy atom. The molecule has 0 radical (unpaired) electrons. The number of amides is 1. The van der Waals surface area contributed by atoms with Crippen LogP contribution in [-0.4, -0.2) is 41.0 Å². The molecular weight excluding hydrogens is 430 g/mol. The molecule has 8 nitrogen and oxygen atoms in total. The predicted molar refractivity (Wildman–Crippen MR) is 117 cm³/mol. The highest BCUT2D eigenvalue weighted by Gasteiger charge is 2.42. The number of nitrogens with one attached hydrogen (secondary N) is 1. The summed E-state index contributed by atoms with van der Waals surface area (Å²) in [4.78, 5) is 29.7. The molecule has 2 N–H and O–H groups in total. The van der Waals surface area contributed by atoms with Gasteiger partial charge in [0.1, 0.15) is 12.2 Å². The number of aliphatic hydroxyl groups is 1. The van der Waals surface area contributed by atoms with Crippen LogP contribution in [-0.2, 0) is 21.4 Å². The van der Waals surface area contributed by atoms with E-state index in [1.54, 1.807) is 60.8 Å². The molecule has 2 heterocycles. The highest BCUT2D eigenvalue weighted by atomic mass is 32.2. The Morgan fingerprint density at radius 3 is 2.38 bits per heavy atom. The van der Waals surface area contributed by atoms with E-state index in [2.05, 4.69) is 10.3 Å². The number of aromatic nitrogens is 1. The largest absolute Gasteiger partial charge is 0.505 e. The van der Waals surface area contributed by atoms with Crippen molar-refractivity contribution in [3.63, 3.8) is 0 Å². The molecule has 0 aliphatic carbocycles. The maximum absolute atomic E-state index is 13.3. The van der Waals surface area contributed by atoms with Gasteiger partial charge in [-0.2, -0.15) is 0 Å². The highest BCUT2D eigenvalue weighted by molar-refractivity contribution is 7.89. The van der Waals surface area contributed by atoms with Crippen molar-refractivity contribution in [3.05, 3.63) is 102 Å². The molecule has 0 bridgehead atoms. The van der Waals surface area contributed by atoms with Gasteiger partial charge in [-0.3, -0.25) is 14.6 Å². The number of nitrogens with zero attached hydrogens (tertiary/aromatic N) is 2. The molecular formula is C23H19N3O5S. The minimum Gasteiger partial charge on any atom is -0.505 e. The molecule has 162 valence electrons. The fourth-order valence-corrected chi connectivity index (χ4v) is 4.98. The van der Waals surface area contributed by atoms with Gasteiger partial charge in [-0.1, -0.05) is 48.5 Å². The molecule has 0 unspecified atom stereocenters. The van der Waals surface area contributed by atoms with Crippen LogP contribution in [0.25, 0.3) is 5.76 Å². The summed E-state index contributed by atoms with van der Waals surface area (Å²) in [5.74, 6) is -1.86. The number of fused-ring (bicyclic) bond motifs is 1. The molecule has 32 heavy (non-hydrogen) atoms. The molecule has 2 aromatic carbocycles. The summed E-state index contributed by atoms with van der Waals surface area (Å²) in [6.45, 7) is -0.594. The zero-order valence-electron chi connectivity index (χ0n) is 16.8. The minimum atomic E-state index is -4.28. The van der Waals surface area contributed by atoms with Gasteiger partial charge in [-0.15, -0.1) is 0 Å². The predicted octanol–water partition coefficient (Wildman–Crippen LogP) is 2.51. The average molecular weight is 449 g/mol. The molecule has 1 aliphatic heterocycles. The van der Waals surface area contributed by atoms with Gasteiger partial charge in [-0.05, 0) is 24.3 Å². The third-order valence-corrected chi connectivity index (χ3v) is 6.72. The van der Waals surface area contributed by atoms with Crippen molar-refractivity contribution in [2.45, 2.75) is 11.4 Å². The Labute approximate surface area is 184 Å². The van der Waals surface area contributed by atoms with E-state index in [-0.39, 0.29) is 22.6 Å². The zero-order chi connectivity index (χ0) is 22.7. The van der Waals surface area contributed by atoms with E-state index in [1.807, 2.05) is 0 Å². The first-order valence-electron chi connectivity index (χ1n) is 9.71. The summed E-state index contributed by atoms with van der Waals surface area (Å²) in [6, 6.07) is 19.0. The number of pyridine rings is 1. The number of benzene rings is 2. The third-order valence-electron chi connectivity index (χ3n) is 4.92. The van der Waals surface area contributed by atoms with Crippen molar-refractivity contribution in [1.29, 1.82) is 0 Å². The monoisotopic (exact) mass is 449 g/mol. The van der Waals surface area contributed by atoms with Gasteiger partial charge in [0.05, 0.1) is 17.1 Å². The SMILES string of the molecule is O=C(CN1/C(=C(/O)c2ccccc2)C(=O)c2ccccc2S1(=O)=O)NCc1ccccn1. The lowest BCUT2D eigenvalue weighted by Gasteiger charge is -2.31. The highest BCUT2D eigenvalue weighted by Crippen LogP contribution is 2.35. The quantitative estimate of drug-likeness (QED) is 0.457. The molecule has 4 rings (SSSR count). The van der Waals surface area contributed by atoms with Gasteiger partial charge in [0.2, 0.25) is 11.7 Å². The first-order valence-corrected chi connectivity index (χ1v) is 11.2. The third kappa shape index (κ3) is 3.97. The molecule has 1 aliphatic rings. The summed E-state index contributed by atoms with van der Waals surface area (Å²) in [6.07, 6.45) is 1.57. The second-order valence-corrected chi connectivity index (χ2v) is 8.83. The first-order chi connectivity index (χ1) is 15.4. The van der Waals surface area contributed by atoms with Gasteiger partial charge >= 0.3 is 0 Å². The van der Waals surface area contributed by atoms with Crippen LogP contribution in [0.3, 0.4) is 0 Å². The van der Waals surface area contributed by atoms with E-state index < -0.39 is 39.7 Å². The second kappa shape index (κ2) is 8.64. The lowest BCUT2D eigenvalue weighted by atomic mass is 10.0. The van der Waals surface area contributed by atoms with Crippen molar-refractivity contribution in [3.8, 4) is 0 Å². The average Bonchev–Trinajstić information content (AvgIpc) is 2.82. The van der Waals surface area contributed by atoms with E-state index in [1.165, 1.54) is 18.2 Å². The van der Waals surface area contributed by atoms with Crippen LogP contribution in [0, 0.1) is 0 Å². The van der Waals surface area contributed by atoms with E-state index in [0.29, 0.717) is 10.00 Å². The number of hydrogen-bond donors (Lipinski definition) is 2. The van der Waals surface area contributed by atoms with Crippen molar-refractivity contribution in [2.75, 3.05) is 6.54 Å². The molecule has 3 aromatic rings. The van der Waals surface area contributed by atoms with Crippen LogP contribution in [0.1, 0.15) is 21.6 Å². The maximum atomic E-state index is 13.3. The zero-order valence-corrected chi connectivity index (χ0v) is 17.6. The van der Waals surface area contributed by atoms with Crippen molar-refractivity contribution < 1.29 is 23.1 Å². The number of ketones is 1. The summed E-state index contributed by atoms with van der Waals surface area (Å²) in [5, 5.41) is 13.5. The van der Waals surface area contributed by atoms with Crippen LogP contribution in [0.4, 0.5) is 0 Å². The number of sulfonamides is 1. The summed E-state index contributed by atoms with van der Waals surface area (Å²) >= 11 is 0. The summed E-state index contributed by atoms with van der Waals surface area (Å²) < 4.78 is 27.3. The van der Waals surface area contributed by atoms with Gasteiger partial charge in [-0.25, -0.2) is 12.7 Å². The van der Waals surface area contributed by atoms with E-state index >= 15 is 0 Å². The maximum Gasteiger partial charge on any atom is 0.265 e. The van der Waals surface area contributed by atoms with Crippen LogP contribution in [0.2, 0.25) is 0 Å². The summed E-state index contributed by atoms with van der Waals surface area (Å²) in [5.41, 5.74) is 0.314. The van der Waals surface area contributed by atoms with E-state index in [9.17, 15) is 23.1 Å². The smallest absolute Gasteiger partial charge is 0.265 e. The van der Waals surface area contributed by atoms with Gasteiger partial charge in [0.15, 0.2) is 5.76 Å². The summed E-state index contributed by atoms with van der Waals surface area (Å²) in [7, 11) is -4.28. The van der Waals surface area contributed by atoms with Crippen LogP contribution < -0.4 is 5.32 Å². The first kappa shape index (κ1) is 21.3. The second-order valence-electron chi connectivity index (χ2n) is 7.00. The van der Waals surface area contributed by atoms with E-state index in [0.717, 1.165) is 0 Å². The lowest BCUT2D eigenvalue weighted by molar-refractivity contribution is -0.121. The van der Waals surface area contributed by atoms with Crippen LogP contribution >= 0.6 is 0 Å². The Kier molecular flexibility index (Phi) is 5.74. The normalized spacial score (nSPS) is 16.2. The topological polar surface area (TPSA) is 117 Å². The Morgan fingerprint density at radius 1 is 0.969 bits per heavy atom. The molecule has 0 atom stereocenters. The molecule has 1 amide bonds. The van der Waals surface area contributed by atoms with E-state index in [4.69, 9.17) is 0 Å². The number of carbonyl (C=O) groups is 2. The number of Topliss-reactive ketones (excluding diaryl/α,β-unsaturated/α-hetero) is 1. The number of rotatable bonds is 5. The molecule has 0 spiro atoms. The van der Waals surface area contributed by atoms with Gasteiger partial charge < -0.3 is 10.4 Å². The van der Waals surface area contributed by atoms with Crippen molar-refractivity contribution >= 4 is 27.5 Å². The van der Waals surface area contributed by atoms with Crippen molar-refractivity contribution in [1.82, 2.24) is 14.6 Å². The number of hydrogen-bond acceptors (Lipinski definition) is 6. The Hall–Kier alpha value is -3.98. The number of carbonyl (C=O) groups excluding carboxylic acids is 2. The van der Waals surface area contributed by atoms with Gasteiger partial charge in [0.25, 0.3) is 10.0 Å². The fourth-order valence-electron chi connectivity index (χ4n) is 3.36.